The fraction of sp³-hybridized carbons (Fsp3) is 0.303. The van der Waals surface area contributed by atoms with Crippen molar-refractivity contribution in [2.24, 2.45) is 13.0 Å². The van der Waals surface area contributed by atoms with Crippen LogP contribution in [-0.4, -0.2) is 70.6 Å². The summed E-state index contributed by atoms with van der Waals surface area (Å²) in [4.78, 5) is 40.1. The van der Waals surface area contributed by atoms with Crippen molar-refractivity contribution < 1.29 is 27.4 Å². The highest BCUT2D eigenvalue weighted by Crippen LogP contribution is 2.22. The number of anilines is 1. The number of carboxylic acids is 1. The minimum atomic E-state index is -2.49. The van der Waals surface area contributed by atoms with Gasteiger partial charge in [-0.2, -0.15) is 0 Å². The molecule has 1 aliphatic rings. The predicted octanol–water partition coefficient (Wildman–Crippen LogP) is 3.01. The van der Waals surface area contributed by atoms with E-state index in [2.05, 4.69) is 16.7 Å². The summed E-state index contributed by atoms with van der Waals surface area (Å²) in [7, 11) is 1.53. The quantitative estimate of drug-likeness (QED) is 0.217. The SMILES string of the molecule is CC(C)C(C(=O)O)N(N1CCN(c2ccc(C#Cc3ccc4c(c3)c(=O)n(Cc3ccc(F)c(F)c3)c(=O)n4C)cc2)CC1)S(=O)O. The molecule has 0 bridgehead atoms. The normalized spacial score (nSPS) is 15.1. The first-order chi connectivity index (χ1) is 22.3. The fourth-order valence-corrected chi connectivity index (χ4v) is 6.50. The average molecular weight is 666 g/mol. The number of carboxylic acid groups (broad SMARTS) is 1. The number of nitrogens with zero attached hydrogens (tertiary/aromatic N) is 5. The molecule has 0 spiro atoms. The van der Waals surface area contributed by atoms with Gasteiger partial charge in [0.25, 0.3) is 5.56 Å². The Bertz CT molecular complexity index is 2030. The molecule has 3 aromatic carbocycles. The van der Waals surface area contributed by atoms with E-state index in [1.807, 2.05) is 24.3 Å². The van der Waals surface area contributed by atoms with Crippen molar-refractivity contribution in [3.63, 3.8) is 0 Å². The first-order valence-electron chi connectivity index (χ1n) is 14.8. The van der Waals surface area contributed by atoms with Gasteiger partial charge in [0.15, 0.2) is 11.6 Å². The van der Waals surface area contributed by atoms with E-state index in [1.165, 1.54) is 17.7 Å². The van der Waals surface area contributed by atoms with Crippen LogP contribution in [0.4, 0.5) is 14.5 Å². The molecule has 2 heterocycles. The number of piperazine rings is 1. The maximum atomic E-state index is 13.7. The van der Waals surface area contributed by atoms with Crippen LogP contribution in [-0.2, 0) is 29.7 Å². The van der Waals surface area contributed by atoms with E-state index in [1.54, 1.807) is 37.1 Å². The molecule has 2 N–H and O–H groups in total. The molecule has 1 fully saturated rings. The van der Waals surface area contributed by atoms with Crippen molar-refractivity contribution in [3.05, 3.63) is 110 Å². The Labute approximate surface area is 271 Å². The van der Waals surface area contributed by atoms with Crippen molar-refractivity contribution in [2.45, 2.75) is 26.4 Å². The number of carbonyl (C=O) groups is 1. The standard InChI is InChI=1S/C33H33F2N5O6S/c1-21(2)30(32(42)43)40(47(45)46)38-16-14-37(15-17-38)25-10-6-22(7-11-25)4-5-23-9-13-29-26(18-23)31(41)39(33(44)36(29)3)20-24-8-12-27(34)28(35)19-24/h6-13,18-19,21,30H,14-17,20H2,1-3H3,(H,42,43)(H,45,46). The second-order valence-electron chi connectivity index (χ2n) is 11.5. The van der Waals surface area contributed by atoms with E-state index in [4.69, 9.17) is 0 Å². The number of halogens is 2. The van der Waals surface area contributed by atoms with E-state index in [0.29, 0.717) is 42.8 Å². The third-order valence-corrected chi connectivity index (χ3v) is 8.86. The van der Waals surface area contributed by atoms with Gasteiger partial charge in [0, 0.05) is 50.0 Å². The molecular formula is C33H33F2N5O6S. The summed E-state index contributed by atoms with van der Waals surface area (Å²) in [6, 6.07) is 14.5. The Hall–Kier alpha value is -4.68. The van der Waals surface area contributed by atoms with Crippen LogP contribution in [0.2, 0.25) is 0 Å². The van der Waals surface area contributed by atoms with Crippen LogP contribution in [0.15, 0.2) is 70.3 Å². The molecule has 11 nitrogen and oxygen atoms in total. The third-order valence-electron chi connectivity index (χ3n) is 8.08. The lowest BCUT2D eigenvalue weighted by molar-refractivity contribution is -0.148. The Morgan fingerprint density at radius 3 is 2.17 bits per heavy atom. The molecule has 246 valence electrons. The van der Waals surface area contributed by atoms with E-state index < -0.39 is 46.2 Å². The zero-order chi connectivity index (χ0) is 34.0. The zero-order valence-electron chi connectivity index (χ0n) is 25.9. The molecule has 2 atom stereocenters. The number of benzene rings is 3. The molecule has 0 amide bonds. The minimum absolute atomic E-state index is 0.226. The van der Waals surface area contributed by atoms with Gasteiger partial charge in [-0.1, -0.05) is 31.8 Å². The summed E-state index contributed by atoms with van der Waals surface area (Å²) in [6.07, 6.45) is 0. The molecule has 2 unspecified atom stereocenters. The van der Waals surface area contributed by atoms with Crippen LogP contribution in [0.3, 0.4) is 0 Å². The molecule has 0 saturated carbocycles. The molecule has 1 saturated heterocycles. The molecule has 0 aliphatic carbocycles. The van der Waals surface area contributed by atoms with Crippen LogP contribution in [0, 0.1) is 29.4 Å². The lowest BCUT2D eigenvalue weighted by atomic mass is 10.1. The summed E-state index contributed by atoms with van der Waals surface area (Å²) in [5.41, 5.74) is 1.69. The van der Waals surface area contributed by atoms with Gasteiger partial charge in [-0.25, -0.2) is 22.8 Å². The van der Waals surface area contributed by atoms with Crippen molar-refractivity contribution in [3.8, 4) is 11.8 Å². The Morgan fingerprint density at radius 1 is 0.936 bits per heavy atom. The zero-order valence-corrected chi connectivity index (χ0v) is 26.7. The Kier molecular flexibility index (Phi) is 10.0. The lowest BCUT2D eigenvalue weighted by Gasteiger charge is -2.42. The number of aryl methyl sites for hydroxylation is 1. The first kappa shape index (κ1) is 33.7. The summed E-state index contributed by atoms with van der Waals surface area (Å²) < 4.78 is 52.4. The average Bonchev–Trinajstić information content (AvgIpc) is 3.05. The van der Waals surface area contributed by atoms with E-state index in [9.17, 15) is 37.0 Å². The summed E-state index contributed by atoms with van der Waals surface area (Å²) in [5.74, 6) is 2.51. The minimum Gasteiger partial charge on any atom is -0.480 e. The second kappa shape index (κ2) is 14.0. The Morgan fingerprint density at radius 2 is 1.57 bits per heavy atom. The van der Waals surface area contributed by atoms with Crippen LogP contribution in [0.25, 0.3) is 10.9 Å². The first-order valence-corrected chi connectivity index (χ1v) is 15.8. The van der Waals surface area contributed by atoms with Crippen LogP contribution in [0.1, 0.15) is 30.5 Å². The van der Waals surface area contributed by atoms with Gasteiger partial charge in [0.05, 0.1) is 17.4 Å². The monoisotopic (exact) mass is 665 g/mol. The van der Waals surface area contributed by atoms with Gasteiger partial charge in [-0.3, -0.25) is 23.3 Å². The maximum absolute atomic E-state index is 13.7. The molecule has 14 heteroatoms. The van der Waals surface area contributed by atoms with Gasteiger partial charge < -0.3 is 10.0 Å². The number of hydrogen-bond acceptors (Lipinski definition) is 6. The molecular weight excluding hydrogens is 632 g/mol. The van der Waals surface area contributed by atoms with E-state index in [-0.39, 0.29) is 23.4 Å². The smallest absolute Gasteiger partial charge is 0.331 e. The van der Waals surface area contributed by atoms with Gasteiger partial charge in [0.2, 0.25) is 11.3 Å². The van der Waals surface area contributed by atoms with E-state index >= 15 is 0 Å². The highest BCUT2D eigenvalue weighted by atomic mass is 32.2. The van der Waals surface area contributed by atoms with Crippen molar-refractivity contribution in [1.82, 2.24) is 18.6 Å². The number of fused-ring (bicyclic) bond motifs is 1. The van der Waals surface area contributed by atoms with Gasteiger partial charge in [-0.05, 0) is 66.1 Å². The number of hydrogen-bond donors (Lipinski definition) is 2. The van der Waals surface area contributed by atoms with E-state index in [0.717, 1.165) is 26.8 Å². The van der Waals surface area contributed by atoms with Crippen LogP contribution < -0.4 is 16.1 Å². The molecule has 1 aromatic heterocycles. The van der Waals surface area contributed by atoms with Crippen molar-refractivity contribution in [1.29, 1.82) is 0 Å². The summed E-state index contributed by atoms with van der Waals surface area (Å²) >= 11 is -2.49. The molecule has 0 radical (unpaired) electrons. The maximum Gasteiger partial charge on any atom is 0.331 e. The largest absolute Gasteiger partial charge is 0.480 e. The predicted molar refractivity (Wildman–Crippen MR) is 174 cm³/mol. The Balaban J connectivity index is 1.31. The number of hydrazine groups is 1. The topological polar surface area (TPSA) is 128 Å². The molecule has 5 rings (SSSR count). The number of rotatable bonds is 8. The van der Waals surface area contributed by atoms with Gasteiger partial charge >= 0.3 is 11.7 Å². The summed E-state index contributed by atoms with van der Waals surface area (Å²) in [5, 5.41) is 11.5. The number of aromatic nitrogens is 2. The second-order valence-corrected chi connectivity index (χ2v) is 12.3. The lowest BCUT2D eigenvalue weighted by Crippen LogP contribution is -2.60. The van der Waals surface area contributed by atoms with Crippen molar-refractivity contribution in [2.75, 3.05) is 31.1 Å². The van der Waals surface area contributed by atoms with Gasteiger partial charge in [-0.15, -0.1) is 4.41 Å². The fourth-order valence-electron chi connectivity index (χ4n) is 5.61. The summed E-state index contributed by atoms with van der Waals surface area (Å²) in [6.45, 7) is 4.91. The highest BCUT2D eigenvalue weighted by molar-refractivity contribution is 7.76. The number of aliphatic carboxylic acids is 1. The van der Waals surface area contributed by atoms with Crippen LogP contribution in [0.5, 0.6) is 0 Å². The molecule has 1 aliphatic heterocycles. The third kappa shape index (κ3) is 7.18. The van der Waals surface area contributed by atoms with Crippen LogP contribution >= 0.6 is 0 Å². The molecule has 4 aromatic rings. The molecule has 47 heavy (non-hydrogen) atoms. The highest BCUT2D eigenvalue weighted by Gasteiger charge is 2.38. The van der Waals surface area contributed by atoms with Gasteiger partial charge in [0.1, 0.15) is 6.04 Å². The van der Waals surface area contributed by atoms with Crippen molar-refractivity contribution >= 4 is 33.8 Å².